The van der Waals surface area contributed by atoms with Crippen LogP contribution in [0, 0.1) is 5.92 Å². The molecule has 3 heterocycles. The van der Waals surface area contributed by atoms with E-state index in [1.165, 1.54) is 22.7 Å². The van der Waals surface area contributed by atoms with Crippen LogP contribution in [0.4, 0.5) is 0 Å². The summed E-state index contributed by atoms with van der Waals surface area (Å²) in [5.74, 6) is -1.10. The van der Waals surface area contributed by atoms with E-state index in [-0.39, 0.29) is 54.0 Å². The Morgan fingerprint density at radius 2 is 1.63 bits per heavy atom. The van der Waals surface area contributed by atoms with E-state index < -0.39 is 12.1 Å². The number of carbonyl (C=O) groups excluding carboxylic acids is 4. The van der Waals surface area contributed by atoms with E-state index >= 15 is 0 Å². The molecule has 4 bridgehead atoms. The minimum absolute atomic E-state index is 0.0135. The van der Waals surface area contributed by atoms with Gasteiger partial charge in [-0.05, 0) is 44.2 Å². The van der Waals surface area contributed by atoms with Crippen molar-refractivity contribution in [3.63, 3.8) is 0 Å². The molecule has 0 spiro atoms. The van der Waals surface area contributed by atoms with Gasteiger partial charge in [0.1, 0.15) is 21.4 Å². The lowest BCUT2D eigenvalue weighted by molar-refractivity contribution is -0.137. The number of aromatic nitrogens is 2. The van der Waals surface area contributed by atoms with Crippen molar-refractivity contribution in [3.8, 4) is 0 Å². The van der Waals surface area contributed by atoms with Crippen molar-refractivity contribution in [3.05, 3.63) is 68.1 Å². The van der Waals surface area contributed by atoms with Crippen molar-refractivity contribution in [1.29, 1.82) is 0 Å². The number of carbonyl (C=O) groups is 4. The summed E-state index contributed by atoms with van der Waals surface area (Å²) in [7, 11) is 1.97. The minimum Gasteiger partial charge on any atom is -0.351 e. The van der Waals surface area contributed by atoms with Gasteiger partial charge >= 0.3 is 0 Å². The minimum atomic E-state index is -0.497. The van der Waals surface area contributed by atoms with E-state index in [0.717, 1.165) is 31.2 Å². The second-order valence-electron chi connectivity index (χ2n) is 12.4. The Morgan fingerprint density at radius 3 is 2.35 bits per heavy atom. The highest BCUT2D eigenvalue weighted by Gasteiger charge is 2.28. The second-order valence-corrected chi connectivity index (χ2v) is 14.2. The molecule has 11 nitrogen and oxygen atoms in total. The smallest absolute Gasteiger partial charge is 0.271 e. The number of nitrogens with one attached hydrogen (secondary N) is 3. The molecule has 46 heavy (non-hydrogen) atoms. The van der Waals surface area contributed by atoms with Crippen LogP contribution in [0.15, 0.2) is 41.1 Å². The molecule has 1 aliphatic heterocycles. The molecule has 1 aliphatic carbocycles. The van der Waals surface area contributed by atoms with E-state index in [2.05, 4.69) is 30.8 Å². The van der Waals surface area contributed by atoms with Crippen molar-refractivity contribution in [1.82, 2.24) is 35.7 Å². The average molecular weight is 666 g/mol. The zero-order chi connectivity index (χ0) is 32.6. The zero-order valence-electron chi connectivity index (χ0n) is 26.7. The van der Waals surface area contributed by atoms with Crippen LogP contribution in [0.5, 0.6) is 0 Å². The first-order chi connectivity index (χ1) is 22.2. The molecule has 0 unspecified atom stereocenters. The maximum atomic E-state index is 13.6. The van der Waals surface area contributed by atoms with Gasteiger partial charge in [0.2, 0.25) is 11.8 Å². The molecule has 2 aliphatic rings. The number of amides is 4. The molecule has 0 saturated heterocycles. The van der Waals surface area contributed by atoms with Gasteiger partial charge in [0.05, 0.1) is 25.2 Å². The topological polar surface area (TPSA) is 137 Å². The van der Waals surface area contributed by atoms with E-state index in [9.17, 15) is 19.2 Å². The van der Waals surface area contributed by atoms with Gasteiger partial charge in [-0.25, -0.2) is 9.97 Å². The van der Waals surface area contributed by atoms with Crippen molar-refractivity contribution >= 4 is 46.3 Å². The maximum Gasteiger partial charge on any atom is 0.271 e. The first-order valence-electron chi connectivity index (χ1n) is 16.0. The molecule has 4 amide bonds. The van der Waals surface area contributed by atoms with Gasteiger partial charge in [-0.15, -0.1) is 22.7 Å². The monoisotopic (exact) mass is 665 g/mol. The van der Waals surface area contributed by atoms with Crippen molar-refractivity contribution in [2.75, 3.05) is 33.2 Å². The third kappa shape index (κ3) is 8.77. The molecular weight excluding hydrogens is 623 g/mol. The van der Waals surface area contributed by atoms with Crippen LogP contribution >= 0.6 is 22.7 Å². The van der Waals surface area contributed by atoms with Crippen LogP contribution in [0.3, 0.4) is 0 Å². The molecule has 246 valence electrons. The average Bonchev–Trinajstić information content (AvgIpc) is 3.83. The summed E-state index contributed by atoms with van der Waals surface area (Å²) in [4.78, 5) is 66.4. The molecule has 2 aromatic heterocycles. The Balaban J connectivity index is 1.42. The van der Waals surface area contributed by atoms with Gasteiger partial charge in [-0.1, -0.05) is 57.0 Å². The summed E-state index contributed by atoms with van der Waals surface area (Å²) >= 11 is 2.64. The highest BCUT2D eigenvalue weighted by Crippen LogP contribution is 2.27. The lowest BCUT2D eigenvalue weighted by Crippen LogP contribution is -2.47. The van der Waals surface area contributed by atoms with Crippen molar-refractivity contribution < 1.29 is 19.2 Å². The summed E-state index contributed by atoms with van der Waals surface area (Å²) in [6, 6.07) is 9.25. The Bertz CT molecular complexity index is 1500. The van der Waals surface area contributed by atoms with Crippen molar-refractivity contribution in [2.45, 2.75) is 70.5 Å². The summed E-state index contributed by atoms with van der Waals surface area (Å²) in [6.45, 7) is 4.70. The highest BCUT2D eigenvalue weighted by atomic mass is 32.1. The standard InChI is InChI=1S/C33H43N7O4S2/c1-21(2)29-33-37-25(19-46-33)30(43)34-14-9-15-40(28(42)18-39(3)23-12-7-8-13-23)17-27(41)35-24(16-22-10-5-4-6-11-22)32-36-26(20-45-32)31(44)38-29/h4-6,10-11,19-21,23-24,29H,7-9,12-18H2,1-3H3,(H,34,43)(H,35,41)(H,38,44)/t24-,29-/m0/s1. The van der Waals surface area contributed by atoms with E-state index in [1.807, 2.05) is 51.2 Å². The van der Waals surface area contributed by atoms with Gasteiger partial charge in [0.25, 0.3) is 11.8 Å². The van der Waals surface area contributed by atoms with E-state index in [0.29, 0.717) is 42.0 Å². The summed E-state index contributed by atoms with van der Waals surface area (Å²) in [5, 5.41) is 13.7. The molecule has 3 N–H and O–H groups in total. The molecule has 3 aromatic rings. The molecule has 0 radical (unpaired) electrons. The fourth-order valence-electron chi connectivity index (χ4n) is 5.92. The lowest BCUT2D eigenvalue weighted by Gasteiger charge is -2.28. The third-order valence-electron chi connectivity index (χ3n) is 8.55. The molecule has 2 atom stereocenters. The number of thiazole rings is 2. The molecule has 13 heteroatoms. The van der Waals surface area contributed by atoms with Gasteiger partial charge in [-0.3, -0.25) is 24.1 Å². The van der Waals surface area contributed by atoms with Crippen LogP contribution in [0.25, 0.3) is 0 Å². The zero-order valence-corrected chi connectivity index (χ0v) is 28.3. The SMILES string of the molecule is CC(C)[C@@H]1NC(=O)c2csc(n2)[C@H](Cc2ccccc2)NC(=O)CN(C(=O)CN(C)C2CCCC2)CCCNC(=O)c2csc1n2. The molecule has 1 saturated carbocycles. The predicted octanol–water partition coefficient (Wildman–Crippen LogP) is 3.96. The first-order valence-corrected chi connectivity index (χ1v) is 17.7. The number of fused-ring (bicyclic) bond motifs is 4. The van der Waals surface area contributed by atoms with E-state index in [1.54, 1.807) is 15.7 Å². The van der Waals surface area contributed by atoms with Gasteiger partial charge in [-0.2, -0.15) is 0 Å². The van der Waals surface area contributed by atoms with Crippen LogP contribution in [-0.2, 0) is 16.0 Å². The summed E-state index contributed by atoms with van der Waals surface area (Å²) < 4.78 is 0. The number of nitrogens with zero attached hydrogens (tertiary/aromatic N) is 4. The van der Waals surface area contributed by atoms with Crippen LogP contribution < -0.4 is 16.0 Å². The summed E-state index contributed by atoms with van der Waals surface area (Å²) in [6.07, 6.45) is 5.42. The van der Waals surface area contributed by atoms with Gasteiger partial charge in [0.15, 0.2) is 0 Å². The van der Waals surface area contributed by atoms with E-state index in [4.69, 9.17) is 0 Å². The molecule has 1 aromatic carbocycles. The molecule has 5 rings (SSSR count). The van der Waals surface area contributed by atoms with Crippen molar-refractivity contribution in [2.24, 2.45) is 5.92 Å². The molecule has 1 fully saturated rings. The number of likely N-dealkylation sites (N-methyl/N-ethyl adjacent to an activating group) is 1. The predicted molar refractivity (Wildman–Crippen MR) is 179 cm³/mol. The van der Waals surface area contributed by atoms with Gasteiger partial charge < -0.3 is 20.9 Å². The largest absolute Gasteiger partial charge is 0.351 e. The number of hydrogen-bond acceptors (Lipinski definition) is 9. The summed E-state index contributed by atoms with van der Waals surface area (Å²) in [5.41, 5.74) is 1.54. The Labute approximate surface area is 278 Å². The maximum absolute atomic E-state index is 13.6. The highest BCUT2D eigenvalue weighted by molar-refractivity contribution is 7.10. The van der Waals surface area contributed by atoms with Crippen LogP contribution in [-0.4, -0.2) is 82.7 Å². The number of rotatable bonds is 6. The van der Waals surface area contributed by atoms with Crippen LogP contribution in [0.1, 0.15) is 94.6 Å². The Morgan fingerprint density at radius 1 is 0.957 bits per heavy atom. The number of hydrogen-bond donors (Lipinski definition) is 3. The number of benzene rings is 1. The van der Waals surface area contributed by atoms with Gasteiger partial charge in [0, 0.05) is 29.9 Å². The quantitative estimate of drug-likeness (QED) is 0.363. The second kappa shape index (κ2) is 15.7. The fraction of sp³-hybridized carbons (Fsp3) is 0.515. The Kier molecular flexibility index (Phi) is 11.5. The fourth-order valence-corrected chi connectivity index (χ4v) is 7.79. The lowest BCUT2D eigenvalue weighted by atomic mass is 10.0. The third-order valence-corrected chi connectivity index (χ3v) is 10.4. The first kappa shape index (κ1) is 33.7. The normalized spacial score (nSPS) is 20.5. The van der Waals surface area contributed by atoms with Crippen LogP contribution in [0.2, 0.25) is 0 Å². The Hall–Kier alpha value is -3.68. The molecular formula is C33H43N7O4S2.